The predicted octanol–water partition coefficient (Wildman–Crippen LogP) is 3.54. The minimum atomic E-state index is -0.483. The Hall–Kier alpha value is -3.39. The van der Waals surface area contributed by atoms with Gasteiger partial charge in [-0.05, 0) is 37.3 Å². The van der Waals surface area contributed by atoms with Gasteiger partial charge in [-0.15, -0.1) is 0 Å². The normalized spacial score (nSPS) is 10.3. The number of ether oxygens (including phenoxy) is 1. The van der Waals surface area contributed by atoms with E-state index in [4.69, 9.17) is 20.9 Å². The third-order valence-electron chi connectivity index (χ3n) is 3.53. The van der Waals surface area contributed by atoms with Crippen LogP contribution in [-0.2, 0) is 0 Å². The Bertz CT molecular complexity index is 1000. The van der Waals surface area contributed by atoms with Crippen LogP contribution >= 0.6 is 11.6 Å². The molecule has 0 spiro atoms. The van der Waals surface area contributed by atoms with Crippen LogP contribution in [0.3, 0.4) is 0 Å². The molecule has 1 aromatic carbocycles. The maximum Gasteiger partial charge on any atom is 0.274 e. The van der Waals surface area contributed by atoms with E-state index >= 15 is 0 Å². The van der Waals surface area contributed by atoms with Crippen LogP contribution in [0.25, 0.3) is 0 Å². The molecule has 8 nitrogen and oxygen atoms in total. The zero-order valence-electron chi connectivity index (χ0n) is 14.4. The molecule has 2 amide bonds. The lowest BCUT2D eigenvalue weighted by Gasteiger charge is -2.08. The van der Waals surface area contributed by atoms with Crippen LogP contribution in [0.4, 0.5) is 11.5 Å². The SMILES string of the molecule is COc1ccc(NC(=O)c2cc(C(=O)Nc3cc(C)on3)ccn2)cc1Cl. The molecular weight excluding hydrogens is 372 g/mol. The number of hydrogen-bond donors (Lipinski definition) is 2. The summed E-state index contributed by atoms with van der Waals surface area (Å²) in [4.78, 5) is 28.7. The highest BCUT2D eigenvalue weighted by molar-refractivity contribution is 6.32. The lowest BCUT2D eigenvalue weighted by atomic mass is 10.2. The van der Waals surface area contributed by atoms with E-state index in [0.29, 0.717) is 22.2 Å². The van der Waals surface area contributed by atoms with Crippen molar-refractivity contribution in [1.29, 1.82) is 0 Å². The zero-order valence-corrected chi connectivity index (χ0v) is 15.2. The molecule has 0 bridgehead atoms. The van der Waals surface area contributed by atoms with Crippen molar-refractivity contribution in [3.05, 3.63) is 64.6 Å². The minimum Gasteiger partial charge on any atom is -0.495 e. The number of aryl methyl sites for hydroxylation is 1. The summed E-state index contributed by atoms with van der Waals surface area (Å²) in [7, 11) is 1.50. The summed E-state index contributed by atoms with van der Waals surface area (Å²) in [5, 5.41) is 9.30. The van der Waals surface area contributed by atoms with Crippen LogP contribution in [0.1, 0.15) is 26.6 Å². The number of carbonyl (C=O) groups excluding carboxylic acids is 2. The van der Waals surface area contributed by atoms with Gasteiger partial charge in [0.25, 0.3) is 11.8 Å². The monoisotopic (exact) mass is 386 g/mol. The number of hydrogen-bond acceptors (Lipinski definition) is 6. The minimum absolute atomic E-state index is 0.0749. The van der Waals surface area contributed by atoms with Crippen LogP contribution in [-0.4, -0.2) is 29.1 Å². The van der Waals surface area contributed by atoms with Gasteiger partial charge in [-0.2, -0.15) is 0 Å². The number of rotatable bonds is 5. The molecule has 0 radical (unpaired) electrons. The van der Waals surface area contributed by atoms with Crippen LogP contribution in [0, 0.1) is 6.92 Å². The number of carbonyl (C=O) groups is 2. The van der Waals surface area contributed by atoms with Crippen LogP contribution in [0.15, 0.2) is 47.1 Å². The molecule has 27 heavy (non-hydrogen) atoms. The highest BCUT2D eigenvalue weighted by Gasteiger charge is 2.14. The maximum atomic E-state index is 12.4. The Morgan fingerprint density at radius 2 is 1.93 bits per heavy atom. The fourth-order valence-corrected chi connectivity index (χ4v) is 2.51. The quantitative estimate of drug-likeness (QED) is 0.694. The van der Waals surface area contributed by atoms with Crippen molar-refractivity contribution in [2.75, 3.05) is 17.7 Å². The average Bonchev–Trinajstić information content (AvgIpc) is 3.06. The van der Waals surface area contributed by atoms with Crippen LogP contribution in [0.2, 0.25) is 5.02 Å². The van der Waals surface area contributed by atoms with E-state index in [2.05, 4.69) is 20.8 Å². The second kappa shape index (κ2) is 7.88. The van der Waals surface area contributed by atoms with E-state index in [1.54, 1.807) is 31.2 Å². The largest absolute Gasteiger partial charge is 0.495 e. The molecule has 0 saturated carbocycles. The number of methoxy groups -OCH3 is 1. The molecule has 2 aromatic heterocycles. The molecule has 0 aliphatic rings. The summed E-state index contributed by atoms with van der Waals surface area (Å²) >= 11 is 6.05. The summed E-state index contributed by atoms with van der Waals surface area (Å²) in [5.41, 5.74) is 0.801. The van der Waals surface area contributed by atoms with Gasteiger partial charge in [0.05, 0.1) is 12.1 Å². The first-order chi connectivity index (χ1) is 13.0. The lowest BCUT2D eigenvalue weighted by Crippen LogP contribution is -2.17. The first kappa shape index (κ1) is 18.4. The van der Waals surface area contributed by atoms with Gasteiger partial charge in [-0.25, -0.2) is 0 Å². The van der Waals surface area contributed by atoms with Crippen molar-refractivity contribution >= 4 is 34.9 Å². The summed E-state index contributed by atoms with van der Waals surface area (Å²) in [5.74, 6) is 0.427. The molecular formula is C18H15ClN4O4. The number of anilines is 2. The lowest BCUT2D eigenvalue weighted by molar-refractivity contribution is 0.102. The van der Waals surface area contributed by atoms with E-state index in [1.165, 1.54) is 25.4 Å². The molecule has 0 saturated heterocycles. The van der Waals surface area contributed by atoms with E-state index in [9.17, 15) is 9.59 Å². The Kier molecular flexibility index (Phi) is 5.37. The van der Waals surface area contributed by atoms with Gasteiger partial charge in [-0.1, -0.05) is 16.8 Å². The van der Waals surface area contributed by atoms with E-state index in [1.807, 2.05) is 0 Å². The molecule has 2 N–H and O–H groups in total. The third kappa shape index (κ3) is 4.42. The summed E-state index contributed by atoms with van der Waals surface area (Å²) in [6, 6.07) is 9.29. The van der Waals surface area contributed by atoms with Crippen molar-refractivity contribution in [1.82, 2.24) is 10.1 Å². The van der Waals surface area contributed by atoms with Crippen molar-refractivity contribution in [3.63, 3.8) is 0 Å². The second-order valence-corrected chi connectivity index (χ2v) is 5.92. The first-order valence-electron chi connectivity index (χ1n) is 7.82. The molecule has 3 rings (SSSR count). The van der Waals surface area contributed by atoms with Gasteiger partial charge in [0.1, 0.15) is 17.2 Å². The molecule has 0 unspecified atom stereocenters. The Morgan fingerprint density at radius 3 is 2.59 bits per heavy atom. The molecule has 138 valence electrons. The highest BCUT2D eigenvalue weighted by atomic mass is 35.5. The average molecular weight is 387 g/mol. The highest BCUT2D eigenvalue weighted by Crippen LogP contribution is 2.27. The number of pyridine rings is 1. The van der Waals surface area contributed by atoms with Crippen LogP contribution in [0.5, 0.6) is 5.75 Å². The zero-order chi connectivity index (χ0) is 19.4. The molecule has 2 heterocycles. The van der Waals surface area contributed by atoms with Crippen molar-refractivity contribution in [3.8, 4) is 5.75 Å². The summed E-state index contributed by atoms with van der Waals surface area (Å²) < 4.78 is 9.96. The fourth-order valence-electron chi connectivity index (χ4n) is 2.25. The first-order valence-corrected chi connectivity index (χ1v) is 8.19. The molecule has 9 heteroatoms. The van der Waals surface area contributed by atoms with E-state index in [-0.39, 0.29) is 17.1 Å². The Balaban J connectivity index is 1.73. The molecule has 0 aliphatic carbocycles. The van der Waals surface area contributed by atoms with Gasteiger partial charge in [0.15, 0.2) is 5.82 Å². The van der Waals surface area contributed by atoms with Crippen LogP contribution < -0.4 is 15.4 Å². The van der Waals surface area contributed by atoms with Gasteiger partial charge >= 0.3 is 0 Å². The summed E-state index contributed by atoms with van der Waals surface area (Å²) in [6.07, 6.45) is 1.37. The maximum absolute atomic E-state index is 12.4. The smallest absolute Gasteiger partial charge is 0.274 e. The standard InChI is InChI=1S/C18H15ClN4O4/c1-10-7-16(23-27-10)22-17(24)11-5-6-20-14(8-11)18(25)21-12-3-4-15(26-2)13(19)9-12/h3-9H,1-2H3,(H,21,25)(H,22,23,24). The number of nitrogens with zero attached hydrogens (tertiary/aromatic N) is 2. The number of halogens is 1. The molecule has 3 aromatic rings. The van der Waals surface area contributed by atoms with Gasteiger partial charge in [0, 0.05) is 23.5 Å². The number of aromatic nitrogens is 2. The van der Waals surface area contributed by atoms with Crippen molar-refractivity contribution in [2.45, 2.75) is 6.92 Å². The van der Waals surface area contributed by atoms with Gasteiger partial charge in [0.2, 0.25) is 0 Å². The van der Waals surface area contributed by atoms with Crippen molar-refractivity contribution < 1.29 is 18.8 Å². The van der Waals surface area contributed by atoms with Crippen molar-refractivity contribution in [2.24, 2.45) is 0 Å². The number of amides is 2. The van der Waals surface area contributed by atoms with E-state index in [0.717, 1.165) is 0 Å². The number of benzene rings is 1. The second-order valence-electron chi connectivity index (χ2n) is 5.51. The van der Waals surface area contributed by atoms with E-state index < -0.39 is 11.8 Å². The molecule has 0 atom stereocenters. The predicted molar refractivity (Wildman–Crippen MR) is 99.4 cm³/mol. The third-order valence-corrected chi connectivity index (χ3v) is 3.83. The fraction of sp³-hybridized carbons (Fsp3) is 0.111. The molecule has 0 fully saturated rings. The number of nitrogens with one attached hydrogen (secondary N) is 2. The molecule has 0 aliphatic heterocycles. The van der Waals surface area contributed by atoms with Gasteiger partial charge < -0.3 is 19.9 Å². The Morgan fingerprint density at radius 1 is 1.11 bits per heavy atom. The van der Waals surface area contributed by atoms with Gasteiger partial charge in [-0.3, -0.25) is 14.6 Å². The Labute approximate surface area is 159 Å². The summed E-state index contributed by atoms with van der Waals surface area (Å²) in [6.45, 7) is 1.71. The topological polar surface area (TPSA) is 106 Å².